The Balaban J connectivity index is 1.14. The highest BCUT2D eigenvalue weighted by Gasteiger charge is 2.53. The number of fused-ring (bicyclic) bond motifs is 15. The number of pyridine rings is 1. The fraction of sp³-hybridized carbons (Fsp3) is 0.0769. The Hall–Kier alpha value is -7.04. The van der Waals surface area contributed by atoms with Crippen molar-refractivity contribution < 1.29 is 0 Å². The van der Waals surface area contributed by atoms with Gasteiger partial charge in [0.2, 0.25) is 0 Å². The molecule has 0 saturated heterocycles. The van der Waals surface area contributed by atoms with Crippen LogP contribution in [0.2, 0.25) is 0 Å². The van der Waals surface area contributed by atoms with Crippen LogP contribution in [0.4, 0.5) is 0 Å². The summed E-state index contributed by atoms with van der Waals surface area (Å²) in [5, 5.41) is 2.16. The van der Waals surface area contributed by atoms with Crippen molar-refractivity contribution in [2.45, 2.75) is 24.7 Å². The molecule has 2 aromatic heterocycles. The average Bonchev–Trinajstić information content (AvgIpc) is 3.82. The minimum Gasteiger partial charge on any atom is -0.243 e. The first-order chi connectivity index (χ1) is 27.5. The Morgan fingerprint density at radius 2 is 0.821 bits per heavy atom. The lowest BCUT2D eigenvalue weighted by atomic mass is 9.69. The van der Waals surface area contributed by atoms with E-state index >= 15 is 0 Å². The number of aromatic nitrogens is 4. The topological polar surface area (TPSA) is 51.6 Å². The van der Waals surface area contributed by atoms with Gasteiger partial charge >= 0.3 is 0 Å². The van der Waals surface area contributed by atoms with Gasteiger partial charge < -0.3 is 0 Å². The monoisotopic (exact) mass is 714 g/mol. The molecule has 0 amide bonds. The first kappa shape index (κ1) is 31.3. The molecule has 4 heteroatoms. The molecular formula is C52H34N4. The Morgan fingerprint density at radius 3 is 1.50 bits per heavy atom. The Morgan fingerprint density at radius 1 is 0.339 bits per heavy atom. The zero-order valence-corrected chi connectivity index (χ0v) is 31.0. The first-order valence-corrected chi connectivity index (χ1v) is 19.3. The summed E-state index contributed by atoms with van der Waals surface area (Å²) < 4.78 is 0. The summed E-state index contributed by atoms with van der Waals surface area (Å²) >= 11 is 0. The van der Waals surface area contributed by atoms with E-state index in [4.69, 9.17) is 19.9 Å². The van der Waals surface area contributed by atoms with Gasteiger partial charge in [0.1, 0.15) is 5.69 Å². The van der Waals surface area contributed by atoms with Crippen molar-refractivity contribution in [2.75, 3.05) is 0 Å². The molecule has 0 saturated carbocycles. The van der Waals surface area contributed by atoms with Crippen LogP contribution in [0.15, 0.2) is 170 Å². The van der Waals surface area contributed by atoms with E-state index in [9.17, 15) is 0 Å². The van der Waals surface area contributed by atoms with Crippen molar-refractivity contribution in [3.8, 4) is 67.8 Å². The zero-order chi connectivity index (χ0) is 37.2. The molecule has 0 fully saturated rings. The first-order valence-electron chi connectivity index (χ1n) is 19.3. The molecule has 1 spiro atoms. The van der Waals surface area contributed by atoms with Crippen molar-refractivity contribution in [3.05, 3.63) is 203 Å². The zero-order valence-electron chi connectivity index (χ0n) is 31.0. The summed E-state index contributed by atoms with van der Waals surface area (Å²) in [6, 6.07) is 61.0. The molecule has 3 aliphatic rings. The summed E-state index contributed by atoms with van der Waals surface area (Å²) in [6.45, 7) is 4.62. The van der Waals surface area contributed by atoms with E-state index in [1.165, 1.54) is 55.6 Å². The quantitative estimate of drug-likeness (QED) is 0.183. The maximum Gasteiger partial charge on any atom is 0.183 e. The highest BCUT2D eigenvalue weighted by molar-refractivity contribution is 6.06. The molecule has 0 radical (unpaired) electrons. The van der Waals surface area contributed by atoms with Gasteiger partial charge in [-0.3, -0.25) is 0 Å². The fourth-order valence-corrected chi connectivity index (χ4v) is 10.1. The maximum absolute atomic E-state index is 5.68. The minimum atomic E-state index is -0.515. The fourth-order valence-electron chi connectivity index (χ4n) is 10.1. The van der Waals surface area contributed by atoms with E-state index in [2.05, 4.69) is 166 Å². The van der Waals surface area contributed by atoms with Gasteiger partial charge in [0.25, 0.3) is 0 Å². The highest BCUT2D eigenvalue weighted by Crippen LogP contribution is 2.64. The van der Waals surface area contributed by atoms with Gasteiger partial charge in [-0.2, -0.15) is 0 Å². The summed E-state index contributed by atoms with van der Waals surface area (Å²) in [7, 11) is 0. The largest absolute Gasteiger partial charge is 0.243 e. The lowest BCUT2D eigenvalue weighted by molar-refractivity contribution is 0.660. The number of rotatable bonds is 3. The average molecular weight is 715 g/mol. The minimum absolute atomic E-state index is 0.154. The second-order valence-corrected chi connectivity index (χ2v) is 15.7. The maximum atomic E-state index is 5.68. The van der Waals surface area contributed by atoms with Crippen molar-refractivity contribution in [1.82, 2.24) is 19.9 Å². The van der Waals surface area contributed by atoms with Crippen LogP contribution in [-0.4, -0.2) is 19.9 Å². The molecule has 0 atom stereocenters. The summed E-state index contributed by atoms with van der Waals surface area (Å²) in [6.07, 6.45) is 0. The normalized spacial score (nSPS) is 14.5. The third kappa shape index (κ3) is 4.03. The van der Waals surface area contributed by atoms with Crippen molar-refractivity contribution >= 4 is 10.8 Å². The molecule has 2 heterocycles. The summed E-state index contributed by atoms with van der Waals surface area (Å²) in [5.74, 6) is 1.81. The lowest BCUT2D eigenvalue weighted by Gasteiger charge is -2.31. The van der Waals surface area contributed by atoms with Crippen LogP contribution in [0.1, 0.15) is 47.2 Å². The molecule has 7 aromatic carbocycles. The van der Waals surface area contributed by atoms with Crippen LogP contribution in [0, 0.1) is 0 Å². The van der Waals surface area contributed by atoms with E-state index in [0.29, 0.717) is 17.5 Å². The third-order valence-corrected chi connectivity index (χ3v) is 12.5. The predicted octanol–water partition coefficient (Wildman–Crippen LogP) is 12.1. The summed E-state index contributed by atoms with van der Waals surface area (Å²) in [5.41, 5.74) is 16.9. The molecule has 0 N–H and O–H groups in total. The molecule has 56 heavy (non-hydrogen) atoms. The van der Waals surface area contributed by atoms with Crippen LogP contribution in [-0.2, 0) is 10.8 Å². The second kappa shape index (κ2) is 11.2. The molecule has 12 rings (SSSR count). The van der Waals surface area contributed by atoms with E-state index in [1.54, 1.807) is 0 Å². The SMILES string of the molecule is CC1(C)c2ccccc2-c2ccc(-c3nc(-c4ccccc4)nc(-c4nc5c(c6ccccc46)C4(c6ccccc6-c6ccccc64)c4ccccc4-5)n3)cc21. The molecular weight excluding hydrogens is 681 g/mol. The van der Waals surface area contributed by atoms with E-state index < -0.39 is 5.41 Å². The Kier molecular flexibility index (Phi) is 6.29. The molecule has 0 unspecified atom stereocenters. The standard InChI is InChI=1S/C52H34N4/c1-51(2)40-24-12-8-18-33(40)36-29-28-32(30-44(36)51)49-54-48(31-16-4-3-5-17-31)55-50(56-49)47-38-22-7-6-21-37(38)45-46(53-47)39-23-11-15-27-43(39)52(45)41-25-13-9-19-34(41)35-20-10-14-26-42(35)52/h3-30H,1-2H3. The van der Waals surface area contributed by atoms with Crippen molar-refractivity contribution in [3.63, 3.8) is 0 Å². The van der Waals surface area contributed by atoms with E-state index in [0.717, 1.165) is 38.9 Å². The smallest absolute Gasteiger partial charge is 0.183 e. The van der Waals surface area contributed by atoms with Crippen molar-refractivity contribution in [1.29, 1.82) is 0 Å². The Bertz CT molecular complexity index is 3080. The van der Waals surface area contributed by atoms with Gasteiger partial charge in [-0.05, 0) is 61.5 Å². The van der Waals surface area contributed by atoms with Crippen molar-refractivity contribution in [2.24, 2.45) is 0 Å². The molecule has 0 aliphatic heterocycles. The van der Waals surface area contributed by atoms with Gasteiger partial charge in [0.15, 0.2) is 17.5 Å². The van der Waals surface area contributed by atoms with Crippen LogP contribution in [0.5, 0.6) is 0 Å². The number of benzene rings is 7. The number of hydrogen-bond donors (Lipinski definition) is 0. The highest BCUT2D eigenvalue weighted by atomic mass is 15.0. The van der Waals surface area contributed by atoms with Crippen LogP contribution < -0.4 is 0 Å². The van der Waals surface area contributed by atoms with Crippen LogP contribution >= 0.6 is 0 Å². The number of hydrogen-bond acceptors (Lipinski definition) is 4. The second-order valence-electron chi connectivity index (χ2n) is 15.7. The predicted molar refractivity (Wildman–Crippen MR) is 225 cm³/mol. The van der Waals surface area contributed by atoms with Gasteiger partial charge in [-0.15, -0.1) is 0 Å². The van der Waals surface area contributed by atoms with Crippen LogP contribution in [0.25, 0.3) is 78.6 Å². The molecule has 262 valence electrons. The van der Waals surface area contributed by atoms with Gasteiger partial charge in [0, 0.05) is 33.1 Å². The molecule has 9 aromatic rings. The van der Waals surface area contributed by atoms with E-state index in [-0.39, 0.29) is 5.41 Å². The molecule has 0 bridgehead atoms. The third-order valence-electron chi connectivity index (χ3n) is 12.5. The molecule has 4 nitrogen and oxygen atoms in total. The van der Waals surface area contributed by atoms with Gasteiger partial charge in [-0.1, -0.05) is 178 Å². The lowest BCUT2D eigenvalue weighted by Crippen LogP contribution is -2.26. The van der Waals surface area contributed by atoms with E-state index in [1.807, 2.05) is 18.2 Å². The summed E-state index contributed by atoms with van der Waals surface area (Å²) in [4.78, 5) is 21.4. The molecule has 3 aliphatic carbocycles. The van der Waals surface area contributed by atoms with Crippen LogP contribution in [0.3, 0.4) is 0 Å². The number of nitrogens with zero attached hydrogens (tertiary/aromatic N) is 4. The van der Waals surface area contributed by atoms with Gasteiger partial charge in [0.05, 0.1) is 11.1 Å². The Labute approximate surface area is 325 Å². The van der Waals surface area contributed by atoms with Gasteiger partial charge in [-0.25, -0.2) is 19.9 Å².